The SMILES string of the molecule is NCc1ccc(C2(F)CCCCC2)cc1. The van der Waals surface area contributed by atoms with Gasteiger partial charge in [0.1, 0.15) is 5.67 Å². The second-order valence-electron chi connectivity index (χ2n) is 4.43. The van der Waals surface area contributed by atoms with Crippen LogP contribution in [-0.4, -0.2) is 0 Å². The van der Waals surface area contributed by atoms with Crippen LogP contribution >= 0.6 is 0 Å². The molecule has 0 aliphatic heterocycles. The molecule has 1 aromatic rings. The van der Waals surface area contributed by atoms with E-state index >= 15 is 0 Å². The highest BCUT2D eigenvalue weighted by molar-refractivity contribution is 5.27. The first-order valence-corrected chi connectivity index (χ1v) is 5.73. The van der Waals surface area contributed by atoms with E-state index in [4.69, 9.17) is 5.73 Å². The standard InChI is InChI=1S/C13H18FN/c14-13(8-2-1-3-9-13)12-6-4-11(10-15)5-7-12/h4-7H,1-3,8-10,15H2. The van der Waals surface area contributed by atoms with Crippen LogP contribution in [0.5, 0.6) is 0 Å². The normalized spacial score (nSPS) is 20.1. The average molecular weight is 207 g/mol. The fourth-order valence-electron chi connectivity index (χ4n) is 2.34. The molecule has 2 N–H and O–H groups in total. The molecule has 0 amide bonds. The summed E-state index contributed by atoms with van der Waals surface area (Å²) in [6.07, 6.45) is 4.54. The van der Waals surface area contributed by atoms with Gasteiger partial charge in [0.15, 0.2) is 0 Å². The molecule has 0 aromatic heterocycles. The van der Waals surface area contributed by atoms with Crippen molar-refractivity contribution in [1.82, 2.24) is 0 Å². The van der Waals surface area contributed by atoms with Crippen molar-refractivity contribution in [3.8, 4) is 0 Å². The zero-order chi connectivity index (χ0) is 10.7. The average Bonchev–Trinajstić information content (AvgIpc) is 2.30. The molecule has 0 heterocycles. The van der Waals surface area contributed by atoms with Crippen LogP contribution in [0.25, 0.3) is 0 Å². The molecule has 1 aromatic carbocycles. The van der Waals surface area contributed by atoms with Gasteiger partial charge >= 0.3 is 0 Å². The van der Waals surface area contributed by atoms with Gasteiger partial charge in [0.2, 0.25) is 0 Å². The summed E-state index contributed by atoms with van der Waals surface area (Å²) < 4.78 is 14.5. The smallest absolute Gasteiger partial charge is 0.136 e. The number of alkyl halides is 1. The Morgan fingerprint density at radius 2 is 1.67 bits per heavy atom. The third-order valence-electron chi connectivity index (χ3n) is 3.35. The molecule has 0 saturated heterocycles. The molecule has 1 aliphatic rings. The summed E-state index contributed by atoms with van der Waals surface area (Å²) >= 11 is 0. The predicted molar refractivity (Wildman–Crippen MR) is 60.2 cm³/mol. The lowest BCUT2D eigenvalue weighted by Gasteiger charge is -2.29. The summed E-state index contributed by atoms with van der Waals surface area (Å²) in [5, 5.41) is 0. The van der Waals surface area contributed by atoms with Crippen molar-refractivity contribution in [3.05, 3.63) is 35.4 Å². The lowest BCUT2D eigenvalue weighted by molar-refractivity contribution is 0.106. The van der Waals surface area contributed by atoms with Crippen LogP contribution in [-0.2, 0) is 12.2 Å². The van der Waals surface area contributed by atoms with Crippen molar-refractivity contribution < 1.29 is 4.39 Å². The second kappa shape index (κ2) is 4.31. The van der Waals surface area contributed by atoms with Crippen LogP contribution < -0.4 is 5.73 Å². The van der Waals surface area contributed by atoms with Crippen LogP contribution in [0, 0.1) is 0 Å². The van der Waals surface area contributed by atoms with Gasteiger partial charge in [-0.3, -0.25) is 0 Å². The first kappa shape index (κ1) is 10.6. The van der Waals surface area contributed by atoms with Crippen LogP contribution in [0.1, 0.15) is 43.2 Å². The van der Waals surface area contributed by atoms with Crippen LogP contribution in [0.15, 0.2) is 24.3 Å². The number of halogens is 1. The van der Waals surface area contributed by atoms with E-state index < -0.39 is 5.67 Å². The van der Waals surface area contributed by atoms with E-state index in [1.807, 2.05) is 24.3 Å². The van der Waals surface area contributed by atoms with Gasteiger partial charge in [-0.05, 0) is 36.8 Å². The molecule has 0 radical (unpaired) electrons. The van der Waals surface area contributed by atoms with Crippen LogP contribution in [0.2, 0.25) is 0 Å². The fourth-order valence-corrected chi connectivity index (χ4v) is 2.34. The van der Waals surface area contributed by atoms with Gasteiger partial charge in [-0.15, -0.1) is 0 Å². The Kier molecular flexibility index (Phi) is 3.06. The Labute approximate surface area is 90.5 Å². The van der Waals surface area contributed by atoms with E-state index in [1.165, 1.54) is 6.42 Å². The molecule has 0 bridgehead atoms. The summed E-state index contributed by atoms with van der Waals surface area (Å²) in [6, 6.07) is 7.66. The third kappa shape index (κ3) is 2.20. The first-order valence-electron chi connectivity index (χ1n) is 5.73. The Hall–Kier alpha value is -0.890. The molecule has 1 fully saturated rings. The molecule has 82 valence electrons. The summed E-state index contributed by atoms with van der Waals surface area (Å²) in [6.45, 7) is 0.527. The molecule has 2 rings (SSSR count). The molecule has 1 saturated carbocycles. The molecule has 2 heteroatoms. The van der Waals surface area contributed by atoms with Gasteiger partial charge in [0.25, 0.3) is 0 Å². The van der Waals surface area contributed by atoms with E-state index in [-0.39, 0.29) is 0 Å². The highest BCUT2D eigenvalue weighted by Gasteiger charge is 2.33. The number of hydrogen-bond donors (Lipinski definition) is 1. The fraction of sp³-hybridized carbons (Fsp3) is 0.538. The van der Waals surface area contributed by atoms with Gasteiger partial charge < -0.3 is 5.73 Å². The largest absolute Gasteiger partial charge is 0.326 e. The minimum atomic E-state index is -1.08. The van der Waals surface area contributed by atoms with Crippen LogP contribution in [0.4, 0.5) is 4.39 Å². The Morgan fingerprint density at radius 3 is 2.20 bits per heavy atom. The van der Waals surface area contributed by atoms with Crippen molar-refractivity contribution in [3.63, 3.8) is 0 Å². The van der Waals surface area contributed by atoms with Gasteiger partial charge in [0.05, 0.1) is 0 Å². The zero-order valence-corrected chi connectivity index (χ0v) is 9.01. The lowest BCUT2D eigenvalue weighted by atomic mass is 9.81. The lowest BCUT2D eigenvalue weighted by Crippen LogP contribution is -2.23. The number of nitrogens with two attached hydrogens (primary N) is 1. The van der Waals surface area contributed by atoms with Gasteiger partial charge in [0, 0.05) is 6.54 Å². The van der Waals surface area contributed by atoms with Crippen molar-refractivity contribution >= 4 is 0 Å². The maximum absolute atomic E-state index is 14.5. The van der Waals surface area contributed by atoms with E-state index in [2.05, 4.69) is 0 Å². The molecule has 0 atom stereocenters. The van der Waals surface area contributed by atoms with Crippen molar-refractivity contribution in [1.29, 1.82) is 0 Å². The van der Waals surface area contributed by atoms with Crippen molar-refractivity contribution in [2.24, 2.45) is 5.73 Å². The van der Waals surface area contributed by atoms with E-state index in [0.29, 0.717) is 19.4 Å². The van der Waals surface area contributed by atoms with E-state index in [9.17, 15) is 4.39 Å². The minimum Gasteiger partial charge on any atom is -0.326 e. The summed E-state index contributed by atoms with van der Waals surface area (Å²) in [5.74, 6) is 0. The van der Waals surface area contributed by atoms with E-state index in [0.717, 1.165) is 24.0 Å². The summed E-state index contributed by atoms with van der Waals surface area (Å²) in [4.78, 5) is 0. The monoisotopic (exact) mass is 207 g/mol. The number of hydrogen-bond acceptors (Lipinski definition) is 1. The highest BCUT2D eigenvalue weighted by atomic mass is 19.1. The Morgan fingerprint density at radius 1 is 1.07 bits per heavy atom. The summed E-state index contributed by atoms with van der Waals surface area (Å²) in [7, 11) is 0. The number of benzene rings is 1. The molecule has 0 unspecified atom stereocenters. The molecular formula is C13H18FN. The highest BCUT2D eigenvalue weighted by Crippen LogP contribution is 2.40. The van der Waals surface area contributed by atoms with Crippen LogP contribution in [0.3, 0.4) is 0 Å². The second-order valence-corrected chi connectivity index (χ2v) is 4.43. The third-order valence-corrected chi connectivity index (χ3v) is 3.35. The van der Waals surface area contributed by atoms with Gasteiger partial charge in [-0.1, -0.05) is 30.7 Å². The maximum Gasteiger partial charge on any atom is 0.136 e. The Balaban J connectivity index is 2.20. The molecule has 0 spiro atoms. The van der Waals surface area contributed by atoms with Crippen molar-refractivity contribution in [2.75, 3.05) is 0 Å². The van der Waals surface area contributed by atoms with E-state index in [1.54, 1.807) is 0 Å². The topological polar surface area (TPSA) is 26.0 Å². The van der Waals surface area contributed by atoms with Gasteiger partial charge in [-0.25, -0.2) is 4.39 Å². The maximum atomic E-state index is 14.5. The van der Waals surface area contributed by atoms with Crippen molar-refractivity contribution in [2.45, 2.75) is 44.3 Å². The number of rotatable bonds is 2. The van der Waals surface area contributed by atoms with Gasteiger partial charge in [-0.2, -0.15) is 0 Å². The molecular weight excluding hydrogens is 189 g/mol. The quantitative estimate of drug-likeness (QED) is 0.791. The molecule has 15 heavy (non-hydrogen) atoms. The predicted octanol–water partition coefficient (Wildman–Crippen LogP) is 3.27. The first-order chi connectivity index (χ1) is 7.24. The summed E-state index contributed by atoms with van der Waals surface area (Å²) in [5.41, 5.74) is 6.34. The molecule has 1 nitrogen and oxygen atoms in total. The zero-order valence-electron chi connectivity index (χ0n) is 9.01. The molecule has 1 aliphatic carbocycles. The minimum absolute atomic E-state index is 0.527. The Bertz CT molecular complexity index is 312.